The maximum atomic E-state index is 10.9. The minimum Gasteiger partial charge on any atom is -0.507 e. The third-order valence-electron chi connectivity index (χ3n) is 3.94. The molecule has 0 saturated carbocycles. The smallest absolute Gasteiger partial charge is 0.124 e. The van der Waals surface area contributed by atoms with Crippen LogP contribution in [0.1, 0.15) is 48.4 Å². The highest BCUT2D eigenvalue weighted by Gasteiger charge is 2.10. The average Bonchev–Trinajstić information content (AvgIpc) is 2.53. The third-order valence-corrected chi connectivity index (χ3v) is 3.94. The van der Waals surface area contributed by atoms with Crippen LogP contribution < -0.4 is 0 Å². The second-order valence-corrected chi connectivity index (χ2v) is 5.75. The number of carbonyl (C=O) groups is 1. The topological polar surface area (TPSA) is 37.3 Å². The maximum absolute atomic E-state index is 10.9. The molecule has 0 saturated heterocycles. The highest BCUT2D eigenvalue weighted by atomic mass is 16.3. The molecule has 0 amide bonds. The number of hydrogen-bond donors (Lipinski definition) is 1. The minimum absolute atomic E-state index is 0.273. The van der Waals surface area contributed by atoms with Gasteiger partial charge in [-0.2, -0.15) is 0 Å². The van der Waals surface area contributed by atoms with E-state index in [0.717, 1.165) is 30.3 Å². The van der Waals surface area contributed by atoms with Crippen molar-refractivity contribution < 1.29 is 9.90 Å². The fourth-order valence-electron chi connectivity index (χ4n) is 2.75. The summed E-state index contributed by atoms with van der Waals surface area (Å²) in [5.74, 6) is 0.273. The van der Waals surface area contributed by atoms with Gasteiger partial charge in [0.1, 0.15) is 12.0 Å². The number of aromatic hydroxyl groups is 1. The lowest BCUT2D eigenvalue weighted by Gasteiger charge is -2.12. The van der Waals surface area contributed by atoms with Crippen LogP contribution >= 0.6 is 0 Å². The van der Waals surface area contributed by atoms with E-state index in [0.29, 0.717) is 6.42 Å². The fraction of sp³-hybridized carbons (Fsp3) is 0.350. The first-order valence-electron chi connectivity index (χ1n) is 8.05. The number of hydrogen-bond acceptors (Lipinski definition) is 2. The van der Waals surface area contributed by atoms with Crippen LogP contribution in [0, 0.1) is 0 Å². The molecule has 0 aliphatic heterocycles. The van der Waals surface area contributed by atoms with Crippen LogP contribution in [0.4, 0.5) is 0 Å². The highest BCUT2D eigenvalue weighted by molar-refractivity contribution is 5.59. The molecule has 0 aromatic heterocycles. The van der Waals surface area contributed by atoms with Crippen molar-refractivity contribution in [3.8, 4) is 5.75 Å². The number of aldehydes is 1. The average molecular weight is 296 g/mol. The van der Waals surface area contributed by atoms with Crippen LogP contribution in [0.5, 0.6) is 5.75 Å². The lowest BCUT2D eigenvalue weighted by atomic mass is 9.95. The van der Waals surface area contributed by atoms with Gasteiger partial charge in [-0.25, -0.2) is 0 Å². The van der Waals surface area contributed by atoms with Crippen LogP contribution in [0.2, 0.25) is 0 Å². The summed E-state index contributed by atoms with van der Waals surface area (Å²) in [6, 6.07) is 14.2. The number of aryl methyl sites for hydroxylation is 1. The molecule has 1 N–H and O–H groups in total. The van der Waals surface area contributed by atoms with E-state index < -0.39 is 0 Å². The number of benzene rings is 2. The van der Waals surface area contributed by atoms with Gasteiger partial charge < -0.3 is 9.90 Å². The second-order valence-electron chi connectivity index (χ2n) is 5.75. The Hall–Kier alpha value is -2.09. The van der Waals surface area contributed by atoms with E-state index in [9.17, 15) is 9.90 Å². The first-order valence-corrected chi connectivity index (χ1v) is 8.05. The first-order chi connectivity index (χ1) is 10.7. The van der Waals surface area contributed by atoms with Gasteiger partial charge in [0.15, 0.2) is 0 Å². The monoisotopic (exact) mass is 296 g/mol. The summed E-state index contributed by atoms with van der Waals surface area (Å²) in [4.78, 5) is 10.9. The summed E-state index contributed by atoms with van der Waals surface area (Å²) >= 11 is 0. The van der Waals surface area contributed by atoms with E-state index in [1.54, 1.807) is 0 Å². The standard InChI is InChI=1S/C20H24O2/c1-2-3-5-10-17-14-18(11-12-21)20(22)19(15-17)13-16-8-6-4-7-9-16/h4,6-9,12,14-15,22H,2-3,5,10-11,13H2,1H3. The Morgan fingerprint density at radius 1 is 1.00 bits per heavy atom. The number of rotatable bonds is 8. The predicted molar refractivity (Wildman–Crippen MR) is 90.4 cm³/mol. The first kappa shape index (κ1) is 16.3. The van der Waals surface area contributed by atoms with E-state index in [-0.39, 0.29) is 12.2 Å². The molecular formula is C20H24O2. The van der Waals surface area contributed by atoms with Gasteiger partial charge in [0.05, 0.1) is 0 Å². The van der Waals surface area contributed by atoms with Crippen LogP contribution in [-0.4, -0.2) is 11.4 Å². The van der Waals surface area contributed by atoms with Gasteiger partial charge in [-0.1, -0.05) is 62.2 Å². The highest BCUT2D eigenvalue weighted by Crippen LogP contribution is 2.28. The number of unbranched alkanes of at least 4 members (excludes halogenated alkanes) is 2. The molecule has 0 aliphatic carbocycles. The Labute approximate surface area is 132 Å². The molecule has 0 bridgehead atoms. The van der Waals surface area contributed by atoms with Crippen molar-refractivity contribution >= 4 is 6.29 Å². The molecule has 0 spiro atoms. The molecule has 0 radical (unpaired) electrons. The van der Waals surface area contributed by atoms with Crippen LogP contribution in [-0.2, 0) is 24.1 Å². The van der Waals surface area contributed by atoms with Gasteiger partial charge in [-0.15, -0.1) is 0 Å². The van der Waals surface area contributed by atoms with Gasteiger partial charge >= 0.3 is 0 Å². The number of carbonyl (C=O) groups excluding carboxylic acids is 1. The van der Waals surface area contributed by atoms with Gasteiger partial charge in [0, 0.05) is 18.4 Å². The Morgan fingerprint density at radius 2 is 1.73 bits per heavy atom. The number of phenols is 1. The molecule has 0 fully saturated rings. The molecule has 2 rings (SSSR count). The molecule has 0 atom stereocenters. The number of phenolic OH excluding ortho intramolecular Hbond substituents is 1. The summed E-state index contributed by atoms with van der Waals surface area (Å²) in [7, 11) is 0. The maximum Gasteiger partial charge on any atom is 0.124 e. The molecule has 0 heterocycles. The van der Waals surface area contributed by atoms with Gasteiger partial charge in [0.2, 0.25) is 0 Å². The third kappa shape index (κ3) is 4.45. The summed E-state index contributed by atoms with van der Waals surface area (Å²) in [5, 5.41) is 10.4. The second kappa shape index (κ2) is 8.38. The van der Waals surface area contributed by atoms with Crippen molar-refractivity contribution in [3.05, 3.63) is 64.7 Å². The van der Waals surface area contributed by atoms with E-state index >= 15 is 0 Å². The summed E-state index contributed by atoms with van der Waals surface area (Å²) in [5.41, 5.74) is 4.04. The normalized spacial score (nSPS) is 10.6. The molecule has 22 heavy (non-hydrogen) atoms. The van der Waals surface area contributed by atoms with Crippen molar-refractivity contribution in [1.82, 2.24) is 0 Å². The molecule has 0 unspecified atom stereocenters. The molecule has 2 heteroatoms. The molecular weight excluding hydrogens is 272 g/mol. The van der Waals surface area contributed by atoms with Crippen LogP contribution in [0.15, 0.2) is 42.5 Å². The Morgan fingerprint density at radius 3 is 2.41 bits per heavy atom. The quantitative estimate of drug-likeness (QED) is 0.577. The Bertz CT molecular complexity index is 603. The zero-order valence-corrected chi connectivity index (χ0v) is 13.2. The summed E-state index contributed by atoms with van der Waals surface area (Å²) in [6.07, 6.45) is 6.37. The largest absolute Gasteiger partial charge is 0.507 e. The van der Waals surface area contributed by atoms with Crippen molar-refractivity contribution in [2.75, 3.05) is 0 Å². The van der Waals surface area contributed by atoms with Gasteiger partial charge in [-0.3, -0.25) is 0 Å². The van der Waals surface area contributed by atoms with Crippen molar-refractivity contribution in [2.45, 2.75) is 45.4 Å². The minimum atomic E-state index is 0.273. The summed E-state index contributed by atoms with van der Waals surface area (Å²) in [6.45, 7) is 2.19. The zero-order chi connectivity index (χ0) is 15.8. The molecule has 116 valence electrons. The Kier molecular flexibility index (Phi) is 6.20. The van der Waals surface area contributed by atoms with Crippen molar-refractivity contribution in [2.24, 2.45) is 0 Å². The lowest BCUT2D eigenvalue weighted by molar-refractivity contribution is -0.107. The molecule has 2 aromatic rings. The molecule has 2 aromatic carbocycles. The Balaban J connectivity index is 2.27. The lowest BCUT2D eigenvalue weighted by Crippen LogP contribution is -1.98. The van der Waals surface area contributed by atoms with Crippen molar-refractivity contribution in [3.63, 3.8) is 0 Å². The van der Waals surface area contributed by atoms with Crippen LogP contribution in [0.3, 0.4) is 0 Å². The zero-order valence-electron chi connectivity index (χ0n) is 13.2. The fourth-order valence-corrected chi connectivity index (χ4v) is 2.75. The SMILES string of the molecule is CCCCCc1cc(CC=O)c(O)c(Cc2ccccc2)c1. The van der Waals surface area contributed by atoms with E-state index in [2.05, 4.69) is 25.1 Å². The van der Waals surface area contributed by atoms with E-state index in [1.807, 2.05) is 24.3 Å². The van der Waals surface area contributed by atoms with E-state index in [4.69, 9.17) is 0 Å². The molecule has 0 aliphatic rings. The molecule has 2 nitrogen and oxygen atoms in total. The predicted octanol–water partition coefficient (Wildman–Crippen LogP) is 4.46. The van der Waals surface area contributed by atoms with E-state index in [1.165, 1.54) is 24.0 Å². The summed E-state index contributed by atoms with van der Waals surface area (Å²) < 4.78 is 0. The van der Waals surface area contributed by atoms with Gasteiger partial charge in [-0.05, 0) is 29.5 Å². The van der Waals surface area contributed by atoms with Crippen LogP contribution in [0.25, 0.3) is 0 Å². The van der Waals surface area contributed by atoms with Crippen molar-refractivity contribution in [1.29, 1.82) is 0 Å². The van der Waals surface area contributed by atoms with Gasteiger partial charge in [0.25, 0.3) is 0 Å².